The van der Waals surface area contributed by atoms with E-state index in [4.69, 9.17) is 10.00 Å². The predicted octanol–water partition coefficient (Wildman–Crippen LogP) is 3.33. The van der Waals surface area contributed by atoms with Crippen molar-refractivity contribution in [2.24, 2.45) is 11.8 Å². The van der Waals surface area contributed by atoms with Gasteiger partial charge in [-0.2, -0.15) is 18.4 Å². The fourth-order valence-corrected chi connectivity index (χ4v) is 5.71. The van der Waals surface area contributed by atoms with E-state index in [-0.39, 0.29) is 5.69 Å². The van der Waals surface area contributed by atoms with E-state index in [9.17, 15) is 22.8 Å². The Kier molecular flexibility index (Phi) is 5.23. The third-order valence-corrected chi connectivity index (χ3v) is 7.02. The standard InChI is InChI=1S/C21H21BrF3N3O3/c1-19-10-27(7-3-6-22)11-20(2,31-19)16-15(19)17(29)28(18(16)30)13-5-4-12(9-26)14(8-13)21(23,24)25/h4-5,8,15-16H,3,6-7,10-11H2,1-2H3/t15?,16?,19-,20?/m1/s1. The summed E-state index contributed by atoms with van der Waals surface area (Å²) in [6, 6.07) is 4.43. The van der Waals surface area contributed by atoms with Gasteiger partial charge in [-0.05, 0) is 45.0 Å². The minimum absolute atomic E-state index is 0.169. The van der Waals surface area contributed by atoms with Crippen LogP contribution >= 0.6 is 15.9 Å². The van der Waals surface area contributed by atoms with E-state index < -0.39 is 52.2 Å². The first-order chi connectivity index (χ1) is 14.4. The summed E-state index contributed by atoms with van der Waals surface area (Å²) >= 11 is 3.41. The molecule has 1 aromatic rings. The molecular formula is C21H21BrF3N3O3. The van der Waals surface area contributed by atoms with Crippen molar-refractivity contribution in [2.45, 2.75) is 37.6 Å². The molecule has 3 unspecified atom stereocenters. The summed E-state index contributed by atoms with van der Waals surface area (Å²) in [5, 5.41) is 9.84. The molecule has 0 aromatic heterocycles. The van der Waals surface area contributed by atoms with Gasteiger partial charge >= 0.3 is 6.18 Å². The third-order valence-electron chi connectivity index (χ3n) is 6.46. The fourth-order valence-electron chi connectivity index (χ4n) is 5.46. The highest BCUT2D eigenvalue weighted by atomic mass is 79.9. The Morgan fingerprint density at radius 1 is 1.19 bits per heavy atom. The molecule has 0 N–H and O–H groups in total. The van der Waals surface area contributed by atoms with Crippen molar-refractivity contribution in [2.75, 3.05) is 29.9 Å². The number of carbonyl (C=O) groups excluding carboxylic acids is 2. The molecule has 3 saturated heterocycles. The van der Waals surface area contributed by atoms with Gasteiger partial charge in [0.25, 0.3) is 0 Å². The second-order valence-electron chi connectivity index (χ2n) is 8.79. The Hall–Kier alpha value is -1.96. The molecule has 0 radical (unpaired) electrons. The quantitative estimate of drug-likeness (QED) is 0.469. The van der Waals surface area contributed by atoms with Crippen LogP contribution in [0.15, 0.2) is 18.2 Å². The lowest BCUT2D eigenvalue weighted by Gasteiger charge is -2.45. The molecule has 3 fully saturated rings. The largest absolute Gasteiger partial charge is 0.417 e. The highest BCUT2D eigenvalue weighted by Gasteiger charge is 2.71. The van der Waals surface area contributed by atoms with Crippen LogP contribution in [-0.2, 0) is 20.5 Å². The zero-order valence-electron chi connectivity index (χ0n) is 17.0. The number of fused-ring (bicyclic) bond motifs is 5. The van der Waals surface area contributed by atoms with Crippen molar-refractivity contribution in [3.05, 3.63) is 29.3 Å². The van der Waals surface area contributed by atoms with E-state index in [1.807, 2.05) is 0 Å². The number of amides is 2. The first kappa shape index (κ1) is 22.2. The van der Waals surface area contributed by atoms with Gasteiger partial charge in [0.2, 0.25) is 11.8 Å². The number of anilines is 1. The van der Waals surface area contributed by atoms with Crippen molar-refractivity contribution in [3.63, 3.8) is 0 Å². The van der Waals surface area contributed by atoms with Gasteiger partial charge < -0.3 is 4.74 Å². The monoisotopic (exact) mass is 499 g/mol. The molecule has 31 heavy (non-hydrogen) atoms. The summed E-state index contributed by atoms with van der Waals surface area (Å²) in [5.41, 5.74) is -3.72. The van der Waals surface area contributed by atoms with E-state index in [1.165, 1.54) is 12.1 Å². The maximum atomic E-state index is 13.4. The van der Waals surface area contributed by atoms with Crippen molar-refractivity contribution >= 4 is 33.4 Å². The molecule has 4 atom stereocenters. The number of alkyl halides is 4. The Bertz CT molecular complexity index is 958. The van der Waals surface area contributed by atoms with Crippen LogP contribution in [0.2, 0.25) is 0 Å². The smallest absolute Gasteiger partial charge is 0.365 e. The van der Waals surface area contributed by atoms with Crippen LogP contribution < -0.4 is 4.90 Å². The van der Waals surface area contributed by atoms with E-state index >= 15 is 0 Å². The van der Waals surface area contributed by atoms with Crippen molar-refractivity contribution in [1.82, 2.24) is 4.90 Å². The fraction of sp³-hybridized carbons (Fsp3) is 0.571. The van der Waals surface area contributed by atoms with Crippen molar-refractivity contribution in [1.29, 1.82) is 5.26 Å². The summed E-state index contributed by atoms with van der Waals surface area (Å²) in [4.78, 5) is 29.8. The summed E-state index contributed by atoms with van der Waals surface area (Å²) in [7, 11) is 0. The minimum atomic E-state index is -4.78. The molecule has 3 heterocycles. The Morgan fingerprint density at radius 3 is 2.26 bits per heavy atom. The number of nitrogens with zero attached hydrogens (tertiary/aromatic N) is 3. The molecule has 6 nitrogen and oxygen atoms in total. The highest BCUT2D eigenvalue weighted by Crippen LogP contribution is 2.55. The van der Waals surface area contributed by atoms with Gasteiger partial charge in [-0.3, -0.25) is 14.5 Å². The minimum Gasteiger partial charge on any atom is -0.365 e. The van der Waals surface area contributed by atoms with Crippen LogP contribution in [0.1, 0.15) is 31.4 Å². The van der Waals surface area contributed by atoms with Gasteiger partial charge in [-0.25, -0.2) is 4.90 Å². The van der Waals surface area contributed by atoms with Gasteiger partial charge in [0.15, 0.2) is 0 Å². The number of halogens is 4. The van der Waals surface area contributed by atoms with Crippen LogP contribution in [0.4, 0.5) is 18.9 Å². The topological polar surface area (TPSA) is 73.6 Å². The number of likely N-dealkylation sites (tertiary alicyclic amines) is 1. The van der Waals surface area contributed by atoms with E-state index in [1.54, 1.807) is 13.8 Å². The molecular weight excluding hydrogens is 479 g/mol. The lowest BCUT2D eigenvalue weighted by Crippen LogP contribution is -2.58. The van der Waals surface area contributed by atoms with Crippen molar-refractivity contribution in [3.8, 4) is 6.07 Å². The van der Waals surface area contributed by atoms with E-state index in [0.29, 0.717) is 19.2 Å². The maximum absolute atomic E-state index is 13.4. The summed E-state index contributed by atoms with van der Waals surface area (Å²) < 4.78 is 46.5. The molecule has 1 aromatic carbocycles. The highest BCUT2D eigenvalue weighted by molar-refractivity contribution is 9.09. The summed E-state index contributed by atoms with van der Waals surface area (Å²) in [6.07, 6.45) is -3.88. The predicted molar refractivity (Wildman–Crippen MR) is 108 cm³/mol. The second kappa shape index (κ2) is 7.29. The van der Waals surface area contributed by atoms with E-state index in [2.05, 4.69) is 20.8 Å². The van der Waals surface area contributed by atoms with Gasteiger partial charge in [-0.15, -0.1) is 0 Å². The molecule has 2 bridgehead atoms. The molecule has 2 amide bonds. The lowest BCUT2D eigenvalue weighted by molar-refractivity contribution is -0.169. The van der Waals surface area contributed by atoms with Crippen LogP contribution in [-0.4, -0.2) is 52.9 Å². The molecule has 10 heteroatoms. The zero-order valence-corrected chi connectivity index (χ0v) is 18.6. The van der Waals surface area contributed by atoms with E-state index in [0.717, 1.165) is 29.3 Å². The van der Waals surface area contributed by atoms with Crippen LogP contribution in [0.3, 0.4) is 0 Å². The molecule has 3 aliphatic rings. The van der Waals surface area contributed by atoms with Gasteiger partial charge in [0.1, 0.15) is 0 Å². The number of hydrogen-bond acceptors (Lipinski definition) is 5. The average molecular weight is 500 g/mol. The van der Waals surface area contributed by atoms with Crippen molar-refractivity contribution < 1.29 is 27.5 Å². The SMILES string of the molecule is CC12CN(CCCBr)C[C@@](C)(O1)C1C(=O)N(c3ccc(C#N)c(C(F)(F)F)c3)C(=O)C12. The first-order valence-electron chi connectivity index (χ1n) is 9.93. The summed E-state index contributed by atoms with van der Waals surface area (Å²) in [6.45, 7) is 5.31. The summed E-state index contributed by atoms with van der Waals surface area (Å²) in [5.74, 6) is -2.66. The number of rotatable bonds is 4. The number of hydrogen-bond donors (Lipinski definition) is 0. The Balaban J connectivity index is 1.72. The Labute approximate surface area is 186 Å². The molecule has 166 valence electrons. The van der Waals surface area contributed by atoms with Crippen LogP contribution in [0.25, 0.3) is 0 Å². The molecule has 0 spiro atoms. The third kappa shape index (κ3) is 3.38. The molecule has 0 aliphatic carbocycles. The molecule has 0 saturated carbocycles. The number of ether oxygens (including phenoxy) is 1. The Morgan fingerprint density at radius 2 is 1.77 bits per heavy atom. The normalized spacial score (nSPS) is 33.0. The van der Waals surface area contributed by atoms with Crippen LogP contribution in [0, 0.1) is 23.2 Å². The number of carbonyl (C=O) groups is 2. The average Bonchev–Trinajstić information content (AvgIpc) is 3.05. The number of nitriles is 1. The number of morpholine rings is 1. The first-order valence-corrected chi connectivity index (χ1v) is 11.0. The van der Waals surface area contributed by atoms with Gasteiger partial charge in [0.05, 0.1) is 45.9 Å². The second-order valence-corrected chi connectivity index (χ2v) is 9.58. The molecule has 3 aliphatic heterocycles. The number of imide groups is 1. The lowest BCUT2D eigenvalue weighted by atomic mass is 9.79. The maximum Gasteiger partial charge on any atom is 0.417 e. The zero-order chi connectivity index (χ0) is 22.8. The van der Waals surface area contributed by atoms with Crippen LogP contribution in [0.5, 0.6) is 0 Å². The van der Waals surface area contributed by atoms with Gasteiger partial charge in [0, 0.05) is 18.4 Å². The number of benzene rings is 1. The van der Waals surface area contributed by atoms with Gasteiger partial charge in [-0.1, -0.05) is 15.9 Å². The molecule has 4 rings (SSSR count).